The summed E-state index contributed by atoms with van der Waals surface area (Å²) >= 11 is 1.44. The zero-order valence-corrected chi connectivity index (χ0v) is 20.5. The number of anilines is 1. The number of fused-ring (bicyclic) bond motifs is 1. The first-order valence-electron chi connectivity index (χ1n) is 12.3. The van der Waals surface area contributed by atoms with Crippen molar-refractivity contribution in [1.29, 1.82) is 0 Å². The maximum atomic E-state index is 13.3. The van der Waals surface area contributed by atoms with Crippen LogP contribution in [0.25, 0.3) is 10.2 Å². The van der Waals surface area contributed by atoms with Crippen LogP contribution >= 0.6 is 11.3 Å². The minimum absolute atomic E-state index is 0.00198. The van der Waals surface area contributed by atoms with Crippen LogP contribution in [-0.2, 0) is 17.8 Å². The molecule has 1 saturated heterocycles. The Morgan fingerprint density at radius 3 is 2.37 bits per heavy atom. The molecule has 1 aliphatic rings. The number of thiophene rings is 1. The number of rotatable bonds is 8. The van der Waals surface area contributed by atoms with Gasteiger partial charge in [-0.15, -0.1) is 11.3 Å². The van der Waals surface area contributed by atoms with E-state index in [2.05, 4.69) is 22.3 Å². The lowest BCUT2D eigenvalue weighted by Gasteiger charge is -2.33. The lowest BCUT2D eigenvalue weighted by molar-refractivity contribution is -0.125. The fourth-order valence-corrected chi connectivity index (χ4v) is 5.50. The van der Waals surface area contributed by atoms with Gasteiger partial charge in [-0.3, -0.25) is 14.2 Å². The van der Waals surface area contributed by atoms with E-state index in [0.29, 0.717) is 36.8 Å². The van der Waals surface area contributed by atoms with E-state index in [-0.39, 0.29) is 17.4 Å². The van der Waals surface area contributed by atoms with Gasteiger partial charge in [-0.2, -0.15) is 0 Å². The van der Waals surface area contributed by atoms with E-state index in [1.807, 2.05) is 60.0 Å². The van der Waals surface area contributed by atoms with E-state index in [4.69, 9.17) is 4.98 Å². The number of amides is 1. The summed E-state index contributed by atoms with van der Waals surface area (Å²) in [5.74, 6) is 0.842. The SMILES string of the molecule is O=C(NCCCc1ccccc1)C1CCN(c2nc3ccsc3c(=O)n2Cc2ccccc2)CC1. The molecule has 1 fully saturated rings. The molecule has 0 unspecified atom stereocenters. The van der Waals surface area contributed by atoms with Crippen LogP contribution in [0.4, 0.5) is 5.95 Å². The molecule has 4 aromatic rings. The van der Waals surface area contributed by atoms with E-state index in [1.165, 1.54) is 16.9 Å². The normalized spacial score (nSPS) is 14.3. The lowest BCUT2D eigenvalue weighted by atomic mass is 9.96. The highest BCUT2D eigenvalue weighted by atomic mass is 32.1. The van der Waals surface area contributed by atoms with Gasteiger partial charge in [-0.1, -0.05) is 60.7 Å². The first kappa shape index (κ1) is 23.3. The first-order chi connectivity index (χ1) is 17.2. The van der Waals surface area contributed by atoms with E-state index < -0.39 is 0 Å². The second kappa shape index (κ2) is 10.9. The van der Waals surface area contributed by atoms with Crippen molar-refractivity contribution in [3.63, 3.8) is 0 Å². The second-order valence-corrected chi connectivity index (χ2v) is 9.98. The minimum Gasteiger partial charge on any atom is -0.356 e. The van der Waals surface area contributed by atoms with Crippen LogP contribution in [0.2, 0.25) is 0 Å². The van der Waals surface area contributed by atoms with E-state index in [0.717, 1.165) is 36.8 Å². The molecular weight excluding hydrogens is 456 g/mol. The molecule has 0 radical (unpaired) electrons. The molecule has 0 atom stereocenters. The maximum absolute atomic E-state index is 13.3. The second-order valence-electron chi connectivity index (χ2n) is 9.07. The molecule has 0 spiro atoms. The third-order valence-electron chi connectivity index (χ3n) is 6.66. The van der Waals surface area contributed by atoms with Crippen LogP contribution in [0.15, 0.2) is 76.9 Å². The Morgan fingerprint density at radius 2 is 1.66 bits per heavy atom. The fraction of sp³-hybridized carbons (Fsp3) is 0.321. The summed E-state index contributed by atoms with van der Waals surface area (Å²) in [5, 5.41) is 5.04. The van der Waals surface area contributed by atoms with E-state index in [9.17, 15) is 9.59 Å². The van der Waals surface area contributed by atoms with Crippen molar-refractivity contribution in [2.75, 3.05) is 24.5 Å². The highest BCUT2D eigenvalue weighted by molar-refractivity contribution is 7.17. The molecule has 2 aromatic carbocycles. The number of aryl methyl sites for hydroxylation is 1. The van der Waals surface area contributed by atoms with Crippen molar-refractivity contribution in [3.8, 4) is 0 Å². The molecule has 3 heterocycles. The summed E-state index contributed by atoms with van der Waals surface area (Å²) in [6.07, 6.45) is 3.42. The largest absolute Gasteiger partial charge is 0.356 e. The Morgan fingerprint density at radius 1 is 0.971 bits per heavy atom. The number of hydrogen-bond acceptors (Lipinski definition) is 5. The highest BCUT2D eigenvalue weighted by Gasteiger charge is 2.27. The third-order valence-corrected chi connectivity index (χ3v) is 7.55. The van der Waals surface area contributed by atoms with Crippen molar-refractivity contribution in [3.05, 3.63) is 93.6 Å². The average Bonchev–Trinajstić information content (AvgIpc) is 3.38. The molecule has 1 amide bonds. The molecule has 2 aromatic heterocycles. The fourth-order valence-electron chi connectivity index (χ4n) is 4.72. The van der Waals surface area contributed by atoms with Crippen LogP contribution in [0.3, 0.4) is 0 Å². The summed E-state index contributed by atoms with van der Waals surface area (Å²) in [5.41, 5.74) is 3.12. The third kappa shape index (κ3) is 5.46. The van der Waals surface area contributed by atoms with Gasteiger partial charge in [0, 0.05) is 25.6 Å². The number of nitrogens with one attached hydrogen (secondary N) is 1. The number of hydrogen-bond donors (Lipinski definition) is 1. The number of nitrogens with zero attached hydrogens (tertiary/aromatic N) is 3. The Bertz CT molecular complexity index is 1330. The molecule has 35 heavy (non-hydrogen) atoms. The van der Waals surface area contributed by atoms with Crippen LogP contribution < -0.4 is 15.8 Å². The maximum Gasteiger partial charge on any atom is 0.273 e. The Hall–Kier alpha value is -3.45. The van der Waals surface area contributed by atoms with Crippen molar-refractivity contribution >= 4 is 33.4 Å². The smallest absolute Gasteiger partial charge is 0.273 e. The van der Waals surface area contributed by atoms with Crippen molar-refractivity contribution in [2.24, 2.45) is 5.92 Å². The van der Waals surface area contributed by atoms with Gasteiger partial charge in [-0.25, -0.2) is 4.98 Å². The number of carbonyl (C=O) groups excluding carboxylic acids is 1. The summed E-state index contributed by atoms with van der Waals surface area (Å²) < 4.78 is 2.48. The van der Waals surface area contributed by atoms with Gasteiger partial charge < -0.3 is 10.2 Å². The summed E-state index contributed by atoms with van der Waals surface area (Å²) in [6.45, 7) is 2.59. The van der Waals surface area contributed by atoms with Gasteiger partial charge in [0.1, 0.15) is 4.70 Å². The van der Waals surface area contributed by atoms with Gasteiger partial charge in [0.2, 0.25) is 11.9 Å². The van der Waals surface area contributed by atoms with Crippen molar-refractivity contribution < 1.29 is 4.79 Å². The Kier molecular flexibility index (Phi) is 7.23. The molecule has 0 bridgehead atoms. The van der Waals surface area contributed by atoms with E-state index >= 15 is 0 Å². The predicted molar refractivity (Wildman–Crippen MR) is 142 cm³/mol. The van der Waals surface area contributed by atoms with Gasteiger partial charge in [-0.05, 0) is 48.3 Å². The number of carbonyl (C=O) groups is 1. The van der Waals surface area contributed by atoms with Crippen LogP contribution in [0.1, 0.15) is 30.4 Å². The number of benzene rings is 2. The Labute approximate surface area is 209 Å². The number of piperidine rings is 1. The quantitative estimate of drug-likeness (QED) is 0.373. The minimum atomic E-state index is 0.00198. The summed E-state index contributed by atoms with van der Waals surface area (Å²) in [6, 6.07) is 22.3. The first-order valence-corrected chi connectivity index (χ1v) is 13.2. The van der Waals surface area contributed by atoms with Crippen LogP contribution in [-0.4, -0.2) is 35.1 Å². The van der Waals surface area contributed by atoms with Gasteiger partial charge in [0.05, 0.1) is 12.1 Å². The summed E-state index contributed by atoms with van der Waals surface area (Å²) in [7, 11) is 0. The molecule has 6 nitrogen and oxygen atoms in total. The summed E-state index contributed by atoms with van der Waals surface area (Å²) in [4.78, 5) is 33.1. The molecule has 180 valence electrons. The zero-order chi connectivity index (χ0) is 24.0. The molecule has 5 rings (SSSR count). The highest BCUT2D eigenvalue weighted by Crippen LogP contribution is 2.25. The monoisotopic (exact) mass is 486 g/mol. The van der Waals surface area contributed by atoms with Crippen LogP contribution in [0, 0.1) is 5.92 Å². The van der Waals surface area contributed by atoms with Gasteiger partial charge >= 0.3 is 0 Å². The molecule has 7 heteroatoms. The molecule has 0 aliphatic carbocycles. The molecular formula is C28H30N4O2S. The number of aromatic nitrogens is 2. The average molecular weight is 487 g/mol. The topological polar surface area (TPSA) is 67.2 Å². The molecule has 1 N–H and O–H groups in total. The predicted octanol–water partition coefficient (Wildman–Crippen LogP) is 4.47. The Balaban J connectivity index is 1.23. The standard InChI is InChI=1S/C28H30N4O2S/c33-26(29-16-7-12-21-8-3-1-4-9-21)23-13-17-31(18-14-23)28-30-24-15-19-35-25(24)27(34)32(28)20-22-10-5-2-6-11-22/h1-6,8-11,15,19,23H,7,12-14,16-18,20H2,(H,29,33). The zero-order valence-electron chi connectivity index (χ0n) is 19.7. The van der Waals surface area contributed by atoms with Gasteiger partial charge in [0.15, 0.2) is 0 Å². The van der Waals surface area contributed by atoms with Crippen LogP contribution in [0.5, 0.6) is 0 Å². The van der Waals surface area contributed by atoms with Crippen molar-refractivity contribution in [1.82, 2.24) is 14.9 Å². The lowest BCUT2D eigenvalue weighted by Crippen LogP contribution is -2.43. The van der Waals surface area contributed by atoms with Gasteiger partial charge in [0.25, 0.3) is 5.56 Å². The van der Waals surface area contributed by atoms with Crippen molar-refractivity contribution in [2.45, 2.75) is 32.2 Å². The van der Waals surface area contributed by atoms with E-state index in [1.54, 1.807) is 4.57 Å². The molecule has 0 saturated carbocycles. The molecule has 1 aliphatic heterocycles.